The Bertz CT molecular complexity index is 588. The Balaban J connectivity index is 1.69. The molecule has 5 nitrogen and oxygen atoms in total. The predicted octanol–water partition coefficient (Wildman–Crippen LogP) is 1.62. The first kappa shape index (κ1) is 16.4. The van der Waals surface area contributed by atoms with Gasteiger partial charge in [-0.25, -0.2) is 8.42 Å². The van der Waals surface area contributed by atoms with Crippen LogP contribution in [0.15, 0.2) is 17.5 Å². The van der Waals surface area contributed by atoms with E-state index in [-0.39, 0.29) is 11.2 Å². The molecule has 0 unspecified atom stereocenters. The zero-order valence-electron chi connectivity index (χ0n) is 13.0. The van der Waals surface area contributed by atoms with Gasteiger partial charge in [0.2, 0.25) is 10.0 Å². The van der Waals surface area contributed by atoms with E-state index in [0.717, 1.165) is 26.1 Å². The molecule has 124 valence electrons. The number of likely N-dealkylation sites (tertiary alicyclic amines) is 1. The summed E-state index contributed by atoms with van der Waals surface area (Å²) in [5.74, 6) is 0.169. The highest BCUT2D eigenvalue weighted by atomic mass is 32.2. The van der Waals surface area contributed by atoms with Crippen molar-refractivity contribution in [2.75, 3.05) is 45.1 Å². The van der Waals surface area contributed by atoms with E-state index in [4.69, 9.17) is 4.74 Å². The lowest BCUT2D eigenvalue weighted by molar-refractivity contribution is 0.0722. The fourth-order valence-electron chi connectivity index (χ4n) is 3.41. The van der Waals surface area contributed by atoms with Crippen LogP contribution in [0.25, 0.3) is 0 Å². The van der Waals surface area contributed by atoms with Crippen LogP contribution in [0.4, 0.5) is 0 Å². The minimum absolute atomic E-state index is 0.0456. The highest BCUT2D eigenvalue weighted by Crippen LogP contribution is 2.35. The van der Waals surface area contributed by atoms with Gasteiger partial charge in [-0.05, 0) is 31.3 Å². The van der Waals surface area contributed by atoms with Crippen LogP contribution in [-0.2, 0) is 21.3 Å². The third kappa shape index (κ3) is 3.54. The summed E-state index contributed by atoms with van der Waals surface area (Å²) in [7, 11) is -3.14. The van der Waals surface area contributed by atoms with Crippen molar-refractivity contribution in [1.82, 2.24) is 9.21 Å². The van der Waals surface area contributed by atoms with Crippen molar-refractivity contribution in [3.8, 4) is 0 Å². The lowest BCUT2D eigenvalue weighted by Crippen LogP contribution is -2.43. The number of hydrogen-bond donors (Lipinski definition) is 0. The van der Waals surface area contributed by atoms with Gasteiger partial charge in [0.15, 0.2) is 0 Å². The maximum atomic E-state index is 12.2. The Morgan fingerprint density at radius 1 is 1.36 bits per heavy atom. The van der Waals surface area contributed by atoms with Crippen LogP contribution in [0, 0.1) is 5.41 Å². The predicted molar refractivity (Wildman–Crippen MR) is 88.5 cm³/mol. The van der Waals surface area contributed by atoms with E-state index in [2.05, 4.69) is 22.4 Å². The molecule has 0 aromatic carbocycles. The SMILES string of the molecule is CCS(=O)(=O)N1CCOC[C@@]2(CCN(Cc3cccs3)C2)C1. The molecule has 0 amide bonds. The molecule has 3 heterocycles. The molecule has 1 aromatic rings. The second-order valence-corrected chi connectivity index (χ2v) is 9.62. The van der Waals surface area contributed by atoms with Gasteiger partial charge < -0.3 is 4.74 Å². The van der Waals surface area contributed by atoms with Crippen LogP contribution in [-0.4, -0.2) is 62.8 Å². The molecule has 0 bridgehead atoms. The average Bonchev–Trinajstić information content (AvgIpc) is 3.07. The van der Waals surface area contributed by atoms with Gasteiger partial charge in [-0.1, -0.05) is 6.07 Å². The molecule has 2 saturated heterocycles. The van der Waals surface area contributed by atoms with Gasteiger partial charge in [-0.15, -0.1) is 11.3 Å². The number of rotatable bonds is 4. The minimum atomic E-state index is -3.14. The van der Waals surface area contributed by atoms with E-state index in [1.54, 1.807) is 22.6 Å². The first-order chi connectivity index (χ1) is 10.5. The van der Waals surface area contributed by atoms with Crippen LogP contribution in [0.5, 0.6) is 0 Å². The standard InChI is InChI=1S/C15H24N2O3S2/c1-2-22(18,19)17-7-8-20-13-15(12-17)5-6-16(11-15)10-14-4-3-9-21-14/h3-4,9H,2,5-8,10-13H2,1H3/t15-/m1/s1. The molecular weight excluding hydrogens is 320 g/mol. The highest BCUT2D eigenvalue weighted by molar-refractivity contribution is 7.89. The van der Waals surface area contributed by atoms with Gasteiger partial charge in [-0.2, -0.15) is 4.31 Å². The van der Waals surface area contributed by atoms with Gasteiger partial charge >= 0.3 is 0 Å². The first-order valence-corrected chi connectivity index (χ1v) is 10.3. The number of thiophene rings is 1. The van der Waals surface area contributed by atoms with Gasteiger partial charge in [-0.3, -0.25) is 4.90 Å². The largest absolute Gasteiger partial charge is 0.379 e. The molecule has 22 heavy (non-hydrogen) atoms. The van der Waals surface area contributed by atoms with E-state index in [1.165, 1.54) is 4.88 Å². The lowest BCUT2D eigenvalue weighted by Gasteiger charge is -2.31. The fourth-order valence-corrected chi connectivity index (χ4v) is 5.34. The Morgan fingerprint density at radius 3 is 2.95 bits per heavy atom. The minimum Gasteiger partial charge on any atom is -0.379 e. The Hall–Kier alpha value is -0.470. The summed E-state index contributed by atoms with van der Waals surface area (Å²) in [5.41, 5.74) is -0.0456. The number of sulfonamides is 1. The highest BCUT2D eigenvalue weighted by Gasteiger charge is 2.43. The normalized spacial score (nSPS) is 28.2. The Kier molecular flexibility index (Phi) is 4.89. The third-order valence-corrected chi connectivity index (χ3v) is 7.33. The summed E-state index contributed by atoms with van der Waals surface area (Å²) in [6.45, 7) is 6.87. The molecule has 0 N–H and O–H groups in total. The topological polar surface area (TPSA) is 49.9 Å². The van der Waals surface area contributed by atoms with Crippen molar-refractivity contribution < 1.29 is 13.2 Å². The Morgan fingerprint density at radius 2 is 2.23 bits per heavy atom. The second-order valence-electron chi connectivity index (χ2n) is 6.33. The summed E-state index contributed by atoms with van der Waals surface area (Å²) >= 11 is 1.78. The molecule has 2 aliphatic heterocycles. The van der Waals surface area contributed by atoms with Crippen molar-refractivity contribution in [3.63, 3.8) is 0 Å². The van der Waals surface area contributed by atoms with Gasteiger partial charge in [0.05, 0.1) is 19.0 Å². The van der Waals surface area contributed by atoms with Crippen LogP contribution in [0.2, 0.25) is 0 Å². The summed E-state index contributed by atoms with van der Waals surface area (Å²) in [6, 6.07) is 4.24. The van der Waals surface area contributed by atoms with Crippen molar-refractivity contribution in [2.24, 2.45) is 5.41 Å². The van der Waals surface area contributed by atoms with Gasteiger partial charge in [0, 0.05) is 36.5 Å². The van der Waals surface area contributed by atoms with Gasteiger partial charge in [0.1, 0.15) is 0 Å². The molecule has 7 heteroatoms. The maximum absolute atomic E-state index is 12.2. The molecular formula is C15H24N2O3S2. The lowest BCUT2D eigenvalue weighted by atomic mass is 9.88. The summed E-state index contributed by atoms with van der Waals surface area (Å²) in [4.78, 5) is 3.79. The number of hydrogen-bond acceptors (Lipinski definition) is 5. The smallest absolute Gasteiger partial charge is 0.213 e. The van der Waals surface area contributed by atoms with E-state index in [0.29, 0.717) is 26.3 Å². The summed E-state index contributed by atoms with van der Waals surface area (Å²) in [6.07, 6.45) is 1.01. The quantitative estimate of drug-likeness (QED) is 0.833. The summed E-state index contributed by atoms with van der Waals surface area (Å²) in [5, 5.41) is 2.10. The number of ether oxygens (including phenoxy) is 1. The molecule has 3 rings (SSSR count). The van der Waals surface area contributed by atoms with Crippen LogP contribution in [0.3, 0.4) is 0 Å². The van der Waals surface area contributed by atoms with Crippen molar-refractivity contribution in [3.05, 3.63) is 22.4 Å². The van der Waals surface area contributed by atoms with E-state index in [9.17, 15) is 8.42 Å². The average molecular weight is 345 g/mol. The molecule has 1 atom stereocenters. The van der Waals surface area contributed by atoms with Crippen molar-refractivity contribution in [2.45, 2.75) is 19.9 Å². The van der Waals surface area contributed by atoms with Crippen LogP contribution >= 0.6 is 11.3 Å². The zero-order chi connectivity index (χ0) is 15.6. The van der Waals surface area contributed by atoms with E-state index >= 15 is 0 Å². The molecule has 1 spiro atoms. The molecule has 0 aliphatic carbocycles. The molecule has 1 aromatic heterocycles. The van der Waals surface area contributed by atoms with E-state index < -0.39 is 10.0 Å². The fraction of sp³-hybridized carbons (Fsp3) is 0.733. The first-order valence-electron chi connectivity index (χ1n) is 7.83. The maximum Gasteiger partial charge on any atom is 0.213 e. The number of nitrogens with zero attached hydrogens (tertiary/aromatic N) is 2. The molecule has 0 radical (unpaired) electrons. The zero-order valence-corrected chi connectivity index (χ0v) is 14.7. The van der Waals surface area contributed by atoms with E-state index in [1.807, 2.05) is 0 Å². The molecule has 2 aliphatic rings. The van der Waals surface area contributed by atoms with Crippen molar-refractivity contribution >= 4 is 21.4 Å². The molecule has 0 saturated carbocycles. The summed E-state index contributed by atoms with van der Waals surface area (Å²) < 4.78 is 31.9. The van der Waals surface area contributed by atoms with Crippen LogP contribution in [0.1, 0.15) is 18.2 Å². The Labute approximate surface area is 136 Å². The second kappa shape index (κ2) is 6.57. The van der Waals surface area contributed by atoms with Crippen molar-refractivity contribution in [1.29, 1.82) is 0 Å². The monoisotopic (exact) mass is 344 g/mol. The molecule has 2 fully saturated rings. The third-order valence-electron chi connectivity index (χ3n) is 4.64. The van der Waals surface area contributed by atoms with Gasteiger partial charge in [0.25, 0.3) is 0 Å². The van der Waals surface area contributed by atoms with Crippen LogP contribution < -0.4 is 0 Å².